The van der Waals surface area contributed by atoms with Crippen LogP contribution in [0.1, 0.15) is 26.2 Å². The number of carbonyl (C=O) groups excluding carboxylic acids is 2. The maximum atomic E-state index is 12.5. The molecule has 1 aliphatic carbocycles. The van der Waals surface area contributed by atoms with Crippen LogP contribution < -0.4 is 0 Å². The van der Waals surface area contributed by atoms with Crippen molar-refractivity contribution in [3.05, 3.63) is 23.9 Å². The fraction of sp³-hybridized carbons (Fsp3) is 0.647. The van der Waals surface area contributed by atoms with Gasteiger partial charge < -0.3 is 19.8 Å². The average molecular weight is 321 g/mol. The molecule has 0 bridgehead atoms. The lowest BCUT2D eigenvalue weighted by Gasteiger charge is -2.47. The monoisotopic (exact) mass is 321 g/mol. The quantitative estimate of drug-likeness (QED) is 0.440. The minimum absolute atomic E-state index is 0.0319. The molecule has 0 aromatic carbocycles. The van der Waals surface area contributed by atoms with Gasteiger partial charge in [0, 0.05) is 18.4 Å². The lowest BCUT2D eigenvalue weighted by molar-refractivity contribution is -0.164. The predicted molar refractivity (Wildman–Crippen MR) is 81.9 cm³/mol. The summed E-state index contributed by atoms with van der Waals surface area (Å²) >= 11 is 0. The van der Waals surface area contributed by atoms with Crippen LogP contribution in [0.15, 0.2) is 23.9 Å². The Hall–Kier alpha value is -1.66. The average Bonchev–Trinajstić information content (AvgIpc) is 2.82. The van der Waals surface area contributed by atoms with E-state index in [1.54, 1.807) is 6.92 Å². The molecule has 1 unspecified atom stereocenters. The van der Waals surface area contributed by atoms with Crippen molar-refractivity contribution in [3.63, 3.8) is 0 Å². The molecule has 3 aliphatic rings. The minimum Gasteiger partial charge on any atom is -0.457 e. The molecular formula is C17H23NO5. The molecule has 0 spiro atoms. The number of aliphatic hydroxyl groups excluding tert-OH is 2. The molecule has 1 amide bonds. The van der Waals surface area contributed by atoms with Gasteiger partial charge in [0.25, 0.3) is 0 Å². The van der Waals surface area contributed by atoms with Crippen LogP contribution in [0.2, 0.25) is 0 Å². The highest BCUT2D eigenvalue weighted by Crippen LogP contribution is 2.53. The van der Waals surface area contributed by atoms with Crippen molar-refractivity contribution < 1.29 is 24.5 Å². The van der Waals surface area contributed by atoms with Crippen molar-refractivity contribution in [1.82, 2.24) is 4.90 Å². The Balaban J connectivity index is 1.99. The second-order valence-corrected chi connectivity index (χ2v) is 6.57. The Kier molecular flexibility index (Phi) is 4.29. The number of aliphatic hydroxyl groups is 2. The van der Waals surface area contributed by atoms with Gasteiger partial charge in [-0.15, -0.1) is 0 Å². The van der Waals surface area contributed by atoms with Gasteiger partial charge in [-0.2, -0.15) is 0 Å². The topological polar surface area (TPSA) is 87.1 Å². The molecule has 0 radical (unpaired) electrons. The maximum Gasteiger partial charge on any atom is 0.355 e. The van der Waals surface area contributed by atoms with E-state index < -0.39 is 18.0 Å². The first-order chi connectivity index (χ1) is 11.0. The molecule has 0 aromatic rings. The zero-order valence-electron chi connectivity index (χ0n) is 13.3. The summed E-state index contributed by atoms with van der Waals surface area (Å²) in [7, 11) is 0. The lowest BCUT2D eigenvalue weighted by atomic mass is 9.69. The largest absolute Gasteiger partial charge is 0.457 e. The molecule has 5 atom stereocenters. The highest BCUT2D eigenvalue weighted by Gasteiger charge is 2.62. The SMILES string of the molecule is C=CCOC(=O)C1=C2[C@@H](CO)CCC[C@@H]2[C@@H]2[C@@H](C(C)O)C(=O)N12. The Morgan fingerprint density at radius 1 is 1.52 bits per heavy atom. The van der Waals surface area contributed by atoms with Gasteiger partial charge in [-0.25, -0.2) is 4.79 Å². The van der Waals surface area contributed by atoms with E-state index in [9.17, 15) is 19.8 Å². The lowest BCUT2D eigenvalue weighted by Crippen LogP contribution is -2.64. The fourth-order valence-electron chi connectivity index (χ4n) is 4.38. The molecule has 1 saturated heterocycles. The zero-order chi connectivity index (χ0) is 16.7. The molecule has 6 nitrogen and oxygen atoms in total. The van der Waals surface area contributed by atoms with Crippen LogP contribution >= 0.6 is 0 Å². The molecule has 2 heterocycles. The summed E-state index contributed by atoms with van der Waals surface area (Å²) in [4.78, 5) is 26.4. The molecule has 126 valence electrons. The van der Waals surface area contributed by atoms with E-state index >= 15 is 0 Å². The molecule has 1 saturated carbocycles. The van der Waals surface area contributed by atoms with Gasteiger partial charge in [0.1, 0.15) is 12.3 Å². The van der Waals surface area contributed by atoms with Gasteiger partial charge in [-0.3, -0.25) is 4.79 Å². The van der Waals surface area contributed by atoms with E-state index in [0.717, 1.165) is 24.8 Å². The van der Waals surface area contributed by atoms with Crippen molar-refractivity contribution in [2.45, 2.75) is 38.3 Å². The summed E-state index contributed by atoms with van der Waals surface area (Å²) in [5.74, 6) is -1.33. The van der Waals surface area contributed by atoms with E-state index in [1.165, 1.54) is 11.0 Å². The molecule has 2 N–H and O–H groups in total. The number of rotatable bonds is 5. The number of fused-ring (bicyclic) bond motifs is 3. The van der Waals surface area contributed by atoms with Crippen LogP contribution in [0.25, 0.3) is 0 Å². The number of hydrogen-bond donors (Lipinski definition) is 2. The summed E-state index contributed by atoms with van der Waals surface area (Å²) in [5.41, 5.74) is 1.14. The third kappa shape index (κ3) is 2.32. The number of amides is 1. The molecule has 0 aromatic heterocycles. The van der Waals surface area contributed by atoms with E-state index in [0.29, 0.717) is 5.70 Å². The van der Waals surface area contributed by atoms with Crippen molar-refractivity contribution >= 4 is 11.9 Å². The van der Waals surface area contributed by atoms with Crippen molar-refractivity contribution in [2.75, 3.05) is 13.2 Å². The van der Waals surface area contributed by atoms with Crippen LogP contribution in [-0.2, 0) is 14.3 Å². The van der Waals surface area contributed by atoms with Crippen LogP contribution in [0, 0.1) is 17.8 Å². The Labute approximate surface area is 135 Å². The van der Waals surface area contributed by atoms with E-state index in [2.05, 4.69) is 6.58 Å². The predicted octanol–water partition coefficient (Wildman–Crippen LogP) is 0.600. The normalized spacial score (nSPS) is 33.7. The Morgan fingerprint density at radius 2 is 2.26 bits per heavy atom. The van der Waals surface area contributed by atoms with Gasteiger partial charge >= 0.3 is 5.97 Å². The number of hydrogen-bond acceptors (Lipinski definition) is 5. The summed E-state index contributed by atoms with van der Waals surface area (Å²) in [6, 6.07) is -0.182. The van der Waals surface area contributed by atoms with Crippen LogP contribution in [-0.4, -0.2) is 52.3 Å². The van der Waals surface area contributed by atoms with Crippen LogP contribution in [0.3, 0.4) is 0 Å². The first-order valence-electron chi connectivity index (χ1n) is 8.17. The summed E-state index contributed by atoms with van der Waals surface area (Å²) in [6.07, 6.45) is 3.34. The number of esters is 1. The van der Waals surface area contributed by atoms with Gasteiger partial charge in [0.05, 0.1) is 18.1 Å². The van der Waals surface area contributed by atoms with E-state index in [-0.39, 0.29) is 37.0 Å². The zero-order valence-corrected chi connectivity index (χ0v) is 13.3. The highest BCUT2D eigenvalue weighted by atomic mass is 16.5. The van der Waals surface area contributed by atoms with E-state index in [1.807, 2.05) is 0 Å². The van der Waals surface area contributed by atoms with Gasteiger partial charge in [0.2, 0.25) is 5.91 Å². The molecule has 6 heteroatoms. The van der Waals surface area contributed by atoms with Gasteiger partial charge in [-0.05, 0) is 25.3 Å². The first kappa shape index (κ1) is 16.2. The first-order valence-corrected chi connectivity index (χ1v) is 8.17. The molecule has 2 fully saturated rings. The third-order valence-corrected chi connectivity index (χ3v) is 5.29. The molecule has 2 aliphatic heterocycles. The number of ether oxygens (including phenoxy) is 1. The van der Waals surface area contributed by atoms with E-state index in [4.69, 9.17) is 4.74 Å². The standard InChI is InChI=1S/C17H23NO5/c1-3-7-23-17(22)15-13-10(8-19)5-4-6-11(13)14-12(9(2)20)16(21)18(14)15/h3,9-12,14,19-20H,1,4-8H2,2H3/t9?,10-,11+,12-,14-/m1/s1. The number of carbonyl (C=O) groups is 2. The van der Waals surface area contributed by atoms with Crippen molar-refractivity contribution in [2.24, 2.45) is 17.8 Å². The fourth-order valence-corrected chi connectivity index (χ4v) is 4.38. The van der Waals surface area contributed by atoms with Crippen LogP contribution in [0.5, 0.6) is 0 Å². The third-order valence-electron chi connectivity index (χ3n) is 5.29. The number of nitrogens with zero attached hydrogens (tertiary/aromatic N) is 1. The van der Waals surface area contributed by atoms with Crippen molar-refractivity contribution in [1.29, 1.82) is 0 Å². The second kappa shape index (κ2) is 6.09. The highest BCUT2D eigenvalue weighted by molar-refractivity contribution is 6.01. The smallest absolute Gasteiger partial charge is 0.355 e. The Morgan fingerprint density at radius 3 is 2.87 bits per heavy atom. The second-order valence-electron chi connectivity index (χ2n) is 6.57. The molecule has 3 rings (SSSR count). The molecular weight excluding hydrogens is 298 g/mol. The van der Waals surface area contributed by atoms with Gasteiger partial charge in [0.15, 0.2) is 0 Å². The Bertz CT molecular complexity index is 567. The molecule has 23 heavy (non-hydrogen) atoms. The minimum atomic E-state index is -0.747. The number of β-lactam (4-membered cyclic amide) rings is 1. The van der Waals surface area contributed by atoms with Gasteiger partial charge in [-0.1, -0.05) is 19.1 Å². The summed E-state index contributed by atoms with van der Waals surface area (Å²) in [6.45, 7) is 5.17. The van der Waals surface area contributed by atoms with Crippen molar-refractivity contribution in [3.8, 4) is 0 Å². The summed E-state index contributed by atoms with van der Waals surface area (Å²) < 4.78 is 5.16. The van der Waals surface area contributed by atoms with Crippen LogP contribution in [0.4, 0.5) is 0 Å². The summed E-state index contributed by atoms with van der Waals surface area (Å²) in [5, 5.41) is 19.6. The maximum absolute atomic E-state index is 12.5.